The third kappa shape index (κ3) is 6.90. The summed E-state index contributed by atoms with van der Waals surface area (Å²) in [5.74, 6) is 1.33. The summed E-state index contributed by atoms with van der Waals surface area (Å²) in [5.41, 5.74) is 4.43. The Morgan fingerprint density at radius 3 is 2.68 bits per heavy atom. The third-order valence-corrected chi connectivity index (χ3v) is 6.50. The number of nitrogens with one attached hydrogen (secondary N) is 3. The number of benzene rings is 2. The molecule has 1 atom stereocenters. The van der Waals surface area contributed by atoms with E-state index in [1.165, 1.54) is 11.1 Å². The van der Waals surface area contributed by atoms with Gasteiger partial charge in [0.05, 0.1) is 17.6 Å². The Morgan fingerprint density at radius 2 is 1.82 bits per heavy atom. The lowest BCUT2D eigenvalue weighted by Crippen LogP contribution is -2.40. The van der Waals surface area contributed by atoms with Crippen LogP contribution in [0.3, 0.4) is 0 Å². The molecule has 1 aliphatic rings. The van der Waals surface area contributed by atoms with E-state index < -0.39 is 0 Å². The summed E-state index contributed by atoms with van der Waals surface area (Å²) < 4.78 is 0. The van der Waals surface area contributed by atoms with E-state index in [9.17, 15) is 9.59 Å². The average Bonchev–Trinajstić information content (AvgIpc) is 3.24. The van der Waals surface area contributed by atoms with E-state index in [2.05, 4.69) is 51.7 Å². The van der Waals surface area contributed by atoms with Gasteiger partial charge in [-0.25, -0.2) is 4.98 Å². The van der Waals surface area contributed by atoms with Crippen molar-refractivity contribution in [2.24, 2.45) is 0 Å². The second-order valence-electron chi connectivity index (χ2n) is 9.22. The molecule has 2 amide bonds. The van der Waals surface area contributed by atoms with Crippen LogP contribution < -0.4 is 10.6 Å². The molecule has 2 heterocycles. The molecule has 0 spiro atoms. The monoisotopic (exact) mass is 461 g/mol. The van der Waals surface area contributed by atoms with Crippen LogP contribution in [-0.2, 0) is 16.0 Å². The van der Waals surface area contributed by atoms with Crippen molar-refractivity contribution >= 4 is 22.8 Å². The second-order valence-corrected chi connectivity index (χ2v) is 9.22. The fourth-order valence-corrected chi connectivity index (χ4v) is 4.60. The maximum Gasteiger partial charge on any atom is 0.234 e. The number of hydrogen-bond donors (Lipinski definition) is 3. The molecule has 7 nitrogen and oxygen atoms in total. The number of fused-ring (bicyclic) bond motifs is 1. The highest BCUT2D eigenvalue weighted by molar-refractivity contribution is 5.78. The quantitative estimate of drug-likeness (QED) is 0.556. The molecule has 0 saturated carbocycles. The van der Waals surface area contributed by atoms with Crippen LogP contribution in [-0.4, -0.2) is 59.4 Å². The van der Waals surface area contributed by atoms with E-state index in [1.54, 1.807) is 0 Å². The summed E-state index contributed by atoms with van der Waals surface area (Å²) in [6.07, 6.45) is 3.66. The lowest BCUT2D eigenvalue weighted by atomic mass is 9.91. The fourth-order valence-electron chi connectivity index (χ4n) is 4.60. The number of rotatable bonds is 4. The van der Waals surface area contributed by atoms with Crippen LogP contribution in [0.15, 0.2) is 48.5 Å². The lowest BCUT2D eigenvalue weighted by Gasteiger charge is -2.23. The normalized spacial score (nSPS) is 19.4. The number of nitrogens with zero attached hydrogens (tertiary/aromatic N) is 2. The number of amides is 2. The first-order chi connectivity index (χ1) is 16.6. The number of imidazole rings is 1. The van der Waals surface area contributed by atoms with Crippen molar-refractivity contribution in [1.82, 2.24) is 25.5 Å². The first-order valence-electron chi connectivity index (χ1n) is 12.3. The molecule has 1 unspecified atom stereocenters. The zero-order chi connectivity index (χ0) is 23.8. The topological polar surface area (TPSA) is 90.1 Å². The lowest BCUT2D eigenvalue weighted by molar-refractivity contribution is -0.123. The third-order valence-electron chi connectivity index (χ3n) is 6.50. The molecule has 1 saturated heterocycles. The SMILES string of the molecule is Cc1ccc2nc(CCN3CCCNC(=O)CCC(c4ccccc4)CCNC(=O)C3)[nH]c2c1. The highest BCUT2D eigenvalue weighted by Gasteiger charge is 2.17. The van der Waals surface area contributed by atoms with Crippen LogP contribution in [0.4, 0.5) is 0 Å². The highest BCUT2D eigenvalue weighted by Crippen LogP contribution is 2.24. The van der Waals surface area contributed by atoms with E-state index in [0.29, 0.717) is 26.1 Å². The number of aryl methyl sites for hydroxylation is 1. The molecule has 0 radical (unpaired) electrons. The summed E-state index contributed by atoms with van der Waals surface area (Å²) in [5, 5.41) is 6.15. The zero-order valence-corrected chi connectivity index (χ0v) is 20.0. The fraction of sp³-hybridized carbons (Fsp3) is 0.444. The number of carbonyl (C=O) groups excluding carboxylic acids is 2. The van der Waals surface area contributed by atoms with Gasteiger partial charge in [-0.15, -0.1) is 0 Å². The van der Waals surface area contributed by atoms with E-state index in [1.807, 2.05) is 24.3 Å². The van der Waals surface area contributed by atoms with Gasteiger partial charge < -0.3 is 15.6 Å². The smallest absolute Gasteiger partial charge is 0.234 e. The number of H-pyrrole nitrogens is 1. The first-order valence-corrected chi connectivity index (χ1v) is 12.3. The summed E-state index contributed by atoms with van der Waals surface area (Å²) in [7, 11) is 0. The predicted octanol–water partition coefficient (Wildman–Crippen LogP) is 3.31. The number of aromatic amines is 1. The second kappa shape index (κ2) is 11.8. The van der Waals surface area contributed by atoms with Gasteiger partial charge in [-0.05, 0) is 55.4 Å². The van der Waals surface area contributed by atoms with Crippen molar-refractivity contribution in [3.63, 3.8) is 0 Å². The Balaban J connectivity index is 1.36. The molecule has 34 heavy (non-hydrogen) atoms. The molecule has 1 aromatic heterocycles. The van der Waals surface area contributed by atoms with Crippen LogP contribution in [0.1, 0.15) is 48.6 Å². The summed E-state index contributed by atoms with van der Waals surface area (Å²) in [6.45, 7) is 5.13. The van der Waals surface area contributed by atoms with Crippen molar-refractivity contribution in [2.45, 2.75) is 44.9 Å². The summed E-state index contributed by atoms with van der Waals surface area (Å²) in [4.78, 5) is 35.3. The molecular weight excluding hydrogens is 426 g/mol. The Hall–Kier alpha value is -3.19. The number of aromatic nitrogens is 2. The van der Waals surface area contributed by atoms with E-state index >= 15 is 0 Å². The van der Waals surface area contributed by atoms with Crippen molar-refractivity contribution < 1.29 is 9.59 Å². The molecule has 3 N–H and O–H groups in total. The van der Waals surface area contributed by atoms with Gasteiger partial charge >= 0.3 is 0 Å². The van der Waals surface area contributed by atoms with Crippen molar-refractivity contribution in [3.8, 4) is 0 Å². The summed E-state index contributed by atoms with van der Waals surface area (Å²) in [6, 6.07) is 16.5. The standard InChI is InChI=1S/C27H35N5O2/c1-20-8-10-23-24(18-20)31-25(30-23)13-17-32-16-5-14-28-26(33)11-9-22(12-15-29-27(34)19-32)21-6-3-2-4-7-21/h2-4,6-8,10,18,22H,5,9,11-17,19H2,1H3,(H,28,33)(H,29,34)(H,30,31). The zero-order valence-electron chi connectivity index (χ0n) is 20.0. The minimum atomic E-state index is 0.0492. The minimum Gasteiger partial charge on any atom is -0.356 e. The molecular formula is C27H35N5O2. The Labute approximate surface area is 201 Å². The Kier molecular flexibility index (Phi) is 8.31. The maximum absolute atomic E-state index is 12.7. The van der Waals surface area contributed by atoms with E-state index in [-0.39, 0.29) is 17.7 Å². The van der Waals surface area contributed by atoms with Crippen LogP contribution in [0, 0.1) is 6.92 Å². The Morgan fingerprint density at radius 1 is 1.00 bits per heavy atom. The molecule has 4 rings (SSSR count). The largest absolute Gasteiger partial charge is 0.356 e. The molecule has 1 fully saturated rings. The average molecular weight is 462 g/mol. The molecule has 7 heteroatoms. The van der Waals surface area contributed by atoms with Gasteiger partial charge in [0.15, 0.2) is 0 Å². The molecule has 180 valence electrons. The van der Waals surface area contributed by atoms with Crippen LogP contribution in [0.25, 0.3) is 11.0 Å². The minimum absolute atomic E-state index is 0.0492. The van der Waals surface area contributed by atoms with Gasteiger partial charge in [-0.3, -0.25) is 14.5 Å². The van der Waals surface area contributed by atoms with Gasteiger partial charge in [-0.1, -0.05) is 36.4 Å². The predicted molar refractivity (Wildman–Crippen MR) is 135 cm³/mol. The van der Waals surface area contributed by atoms with E-state index in [4.69, 9.17) is 4.98 Å². The van der Waals surface area contributed by atoms with Gasteiger partial charge in [-0.2, -0.15) is 0 Å². The summed E-state index contributed by atoms with van der Waals surface area (Å²) >= 11 is 0. The van der Waals surface area contributed by atoms with Crippen LogP contribution in [0.2, 0.25) is 0 Å². The molecule has 1 aliphatic heterocycles. The number of hydrogen-bond acceptors (Lipinski definition) is 4. The molecule has 3 aromatic rings. The maximum atomic E-state index is 12.7. The molecule has 0 bridgehead atoms. The van der Waals surface area contributed by atoms with Gasteiger partial charge in [0.25, 0.3) is 0 Å². The van der Waals surface area contributed by atoms with Crippen LogP contribution >= 0.6 is 0 Å². The van der Waals surface area contributed by atoms with Gasteiger partial charge in [0, 0.05) is 39.0 Å². The van der Waals surface area contributed by atoms with Gasteiger partial charge in [0.2, 0.25) is 11.8 Å². The first kappa shape index (κ1) is 24.0. The molecule has 2 aromatic carbocycles. The van der Waals surface area contributed by atoms with Crippen molar-refractivity contribution in [1.29, 1.82) is 0 Å². The highest BCUT2D eigenvalue weighted by atomic mass is 16.2. The molecule has 0 aliphatic carbocycles. The van der Waals surface area contributed by atoms with Crippen molar-refractivity contribution in [2.75, 3.05) is 32.7 Å². The van der Waals surface area contributed by atoms with Crippen LogP contribution in [0.5, 0.6) is 0 Å². The number of carbonyl (C=O) groups is 2. The Bertz CT molecular complexity index is 1090. The van der Waals surface area contributed by atoms with Crippen molar-refractivity contribution in [3.05, 3.63) is 65.5 Å². The van der Waals surface area contributed by atoms with Gasteiger partial charge in [0.1, 0.15) is 5.82 Å². The van der Waals surface area contributed by atoms with E-state index in [0.717, 1.165) is 55.6 Å².